The maximum atomic E-state index is 12.4. The van der Waals surface area contributed by atoms with Gasteiger partial charge in [0.2, 0.25) is 10.0 Å². The van der Waals surface area contributed by atoms with E-state index in [0.717, 1.165) is 0 Å². The van der Waals surface area contributed by atoms with Crippen LogP contribution in [-0.4, -0.2) is 24.1 Å². The highest BCUT2D eigenvalue weighted by Gasteiger charge is 2.16. The molecule has 0 unspecified atom stereocenters. The standard InChI is InChI=1S/C18H17ClN4O3S/c1-2-12-6-7-14(11-17(12)27(20,25)26)21-18(24)16-8-9-23(22-16)15-5-3-4-13(19)10-15/h3-11H,2H2,1H3,(H,21,24)(H2,20,25,26). The van der Waals surface area contributed by atoms with Crippen LogP contribution in [0.15, 0.2) is 59.6 Å². The Kier molecular flexibility index (Phi) is 5.31. The molecule has 1 amide bonds. The minimum Gasteiger partial charge on any atom is -0.321 e. The molecule has 0 aliphatic carbocycles. The number of carbonyl (C=O) groups excluding carboxylic acids is 1. The number of amides is 1. The summed E-state index contributed by atoms with van der Waals surface area (Å²) >= 11 is 5.97. The Morgan fingerprint density at radius 1 is 1.22 bits per heavy atom. The number of aromatic nitrogens is 2. The first-order chi connectivity index (χ1) is 12.8. The van der Waals surface area contributed by atoms with Crippen LogP contribution in [0.25, 0.3) is 5.69 Å². The Balaban J connectivity index is 1.84. The number of primary sulfonamides is 1. The molecule has 3 N–H and O–H groups in total. The molecule has 3 aromatic rings. The molecule has 1 aromatic heterocycles. The van der Waals surface area contributed by atoms with Crippen LogP contribution in [0.3, 0.4) is 0 Å². The van der Waals surface area contributed by atoms with E-state index in [1.54, 1.807) is 42.6 Å². The first-order valence-corrected chi connectivity index (χ1v) is 9.99. The zero-order valence-electron chi connectivity index (χ0n) is 14.4. The second-order valence-electron chi connectivity index (χ2n) is 5.80. The molecule has 0 saturated carbocycles. The predicted molar refractivity (Wildman–Crippen MR) is 104 cm³/mol. The summed E-state index contributed by atoms with van der Waals surface area (Å²) < 4.78 is 25.0. The van der Waals surface area contributed by atoms with Crippen LogP contribution >= 0.6 is 11.6 Å². The minimum absolute atomic E-state index is 0.00717. The Morgan fingerprint density at radius 2 is 2.00 bits per heavy atom. The minimum atomic E-state index is -3.89. The molecule has 0 fully saturated rings. The lowest BCUT2D eigenvalue weighted by Crippen LogP contribution is -2.17. The highest BCUT2D eigenvalue weighted by Crippen LogP contribution is 2.21. The highest BCUT2D eigenvalue weighted by molar-refractivity contribution is 7.89. The van der Waals surface area contributed by atoms with Crippen LogP contribution in [0.4, 0.5) is 5.69 Å². The van der Waals surface area contributed by atoms with E-state index in [1.807, 2.05) is 13.0 Å². The molecular weight excluding hydrogens is 388 g/mol. The van der Waals surface area contributed by atoms with E-state index >= 15 is 0 Å². The fourth-order valence-corrected chi connectivity index (χ4v) is 3.65. The van der Waals surface area contributed by atoms with Gasteiger partial charge in [0, 0.05) is 16.9 Å². The van der Waals surface area contributed by atoms with Gasteiger partial charge in [0.05, 0.1) is 10.6 Å². The van der Waals surface area contributed by atoms with E-state index in [9.17, 15) is 13.2 Å². The summed E-state index contributed by atoms with van der Waals surface area (Å²) in [5, 5.41) is 12.7. The van der Waals surface area contributed by atoms with Crippen LogP contribution in [0.2, 0.25) is 5.02 Å². The van der Waals surface area contributed by atoms with Crippen LogP contribution < -0.4 is 10.5 Å². The summed E-state index contributed by atoms with van der Waals surface area (Å²) in [6, 6.07) is 13.2. The van der Waals surface area contributed by atoms with Crippen molar-refractivity contribution < 1.29 is 13.2 Å². The van der Waals surface area contributed by atoms with Crippen molar-refractivity contribution in [1.82, 2.24) is 9.78 Å². The molecule has 0 aliphatic heterocycles. The number of carbonyl (C=O) groups is 1. The van der Waals surface area contributed by atoms with Gasteiger partial charge in [-0.3, -0.25) is 4.79 Å². The zero-order valence-corrected chi connectivity index (χ0v) is 16.0. The van der Waals surface area contributed by atoms with Crippen LogP contribution in [-0.2, 0) is 16.4 Å². The number of nitrogens with zero attached hydrogens (tertiary/aromatic N) is 2. The maximum absolute atomic E-state index is 12.4. The van der Waals surface area contributed by atoms with Crippen molar-refractivity contribution in [2.45, 2.75) is 18.2 Å². The third-order valence-electron chi connectivity index (χ3n) is 3.91. The van der Waals surface area contributed by atoms with Crippen molar-refractivity contribution in [2.75, 3.05) is 5.32 Å². The van der Waals surface area contributed by atoms with Gasteiger partial charge < -0.3 is 5.32 Å². The average Bonchev–Trinajstić information content (AvgIpc) is 3.11. The molecule has 0 bridgehead atoms. The molecule has 140 valence electrons. The number of sulfonamides is 1. The van der Waals surface area contributed by atoms with Crippen molar-refractivity contribution in [1.29, 1.82) is 0 Å². The molecule has 3 rings (SSSR count). The quantitative estimate of drug-likeness (QED) is 0.681. The van der Waals surface area contributed by atoms with E-state index in [1.165, 1.54) is 10.7 Å². The number of hydrogen-bond donors (Lipinski definition) is 2. The van der Waals surface area contributed by atoms with Gasteiger partial charge in [0.15, 0.2) is 5.69 Å². The van der Waals surface area contributed by atoms with Gasteiger partial charge in [-0.05, 0) is 48.4 Å². The molecular formula is C18H17ClN4O3S. The van der Waals surface area contributed by atoms with E-state index < -0.39 is 15.9 Å². The number of nitrogens with two attached hydrogens (primary N) is 1. The SMILES string of the molecule is CCc1ccc(NC(=O)c2ccn(-c3cccc(Cl)c3)n2)cc1S(N)(=O)=O. The van der Waals surface area contributed by atoms with Gasteiger partial charge in [0.25, 0.3) is 5.91 Å². The van der Waals surface area contributed by atoms with Gasteiger partial charge >= 0.3 is 0 Å². The summed E-state index contributed by atoms with van der Waals surface area (Å²) in [5.74, 6) is -0.472. The van der Waals surface area contributed by atoms with Gasteiger partial charge in [-0.2, -0.15) is 5.10 Å². The highest BCUT2D eigenvalue weighted by atomic mass is 35.5. The lowest BCUT2D eigenvalue weighted by molar-refractivity contribution is 0.102. The fraction of sp³-hybridized carbons (Fsp3) is 0.111. The molecule has 2 aromatic carbocycles. The van der Waals surface area contributed by atoms with Gasteiger partial charge in [0.1, 0.15) is 0 Å². The summed E-state index contributed by atoms with van der Waals surface area (Å²) in [5.41, 5.74) is 1.79. The molecule has 0 atom stereocenters. The van der Waals surface area contributed by atoms with E-state index in [2.05, 4.69) is 10.4 Å². The second kappa shape index (κ2) is 7.51. The molecule has 1 heterocycles. The molecule has 0 radical (unpaired) electrons. The fourth-order valence-electron chi connectivity index (χ4n) is 2.59. The van der Waals surface area contributed by atoms with Crippen molar-refractivity contribution in [3.05, 3.63) is 71.0 Å². The Labute approximate surface area is 161 Å². The number of hydrogen-bond acceptors (Lipinski definition) is 4. The molecule has 9 heteroatoms. The van der Waals surface area contributed by atoms with Gasteiger partial charge in [-0.1, -0.05) is 30.7 Å². The van der Waals surface area contributed by atoms with Crippen LogP contribution in [0.5, 0.6) is 0 Å². The van der Waals surface area contributed by atoms with Crippen LogP contribution in [0, 0.1) is 0 Å². The maximum Gasteiger partial charge on any atom is 0.276 e. The number of benzene rings is 2. The molecule has 7 nitrogen and oxygen atoms in total. The van der Waals surface area contributed by atoms with Crippen molar-refractivity contribution in [3.63, 3.8) is 0 Å². The third kappa shape index (κ3) is 4.36. The summed E-state index contributed by atoms with van der Waals surface area (Å²) in [4.78, 5) is 12.4. The Hall–Kier alpha value is -2.68. The molecule has 0 aliphatic rings. The second-order valence-corrected chi connectivity index (χ2v) is 7.77. The number of rotatable bonds is 5. The number of nitrogens with one attached hydrogen (secondary N) is 1. The molecule has 0 spiro atoms. The number of halogens is 1. The van der Waals surface area contributed by atoms with Crippen molar-refractivity contribution >= 4 is 33.2 Å². The van der Waals surface area contributed by atoms with Crippen LogP contribution in [0.1, 0.15) is 23.0 Å². The van der Waals surface area contributed by atoms with E-state index in [0.29, 0.717) is 28.4 Å². The largest absolute Gasteiger partial charge is 0.321 e. The molecule has 0 saturated heterocycles. The summed E-state index contributed by atoms with van der Waals surface area (Å²) in [6.45, 7) is 1.82. The monoisotopic (exact) mass is 404 g/mol. The Bertz CT molecular complexity index is 1110. The Morgan fingerprint density at radius 3 is 2.67 bits per heavy atom. The van der Waals surface area contributed by atoms with E-state index in [-0.39, 0.29) is 10.6 Å². The third-order valence-corrected chi connectivity index (χ3v) is 5.14. The zero-order chi connectivity index (χ0) is 19.6. The predicted octanol–water partition coefficient (Wildman–Crippen LogP) is 2.99. The first-order valence-electron chi connectivity index (χ1n) is 8.06. The summed E-state index contributed by atoms with van der Waals surface area (Å²) in [7, 11) is -3.89. The van der Waals surface area contributed by atoms with Gasteiger partial charge in [-0.25, -0.2) is 18.2 Å². The molecule has 27 heavy (non-hydrogen) atoms. The smallest absolute Gasteiger partial charge is 0.276 e. The average molecular weight is 405 g/mol. The van der Waals surface area contributed by atoms with Crippen molar-refractivity contribution in [2.24, 2.45) is 5.14 Å². The van der Waals surface area contributed by atoms with E-state index in [4.69, 9.17) is 16.7 Å². The number of anilines is 1. The lowest BCUT2D eigenvalue weighted by atomic mass is 10.1. The summed E-state index contributed by atoms with van der Waals surface area (Å²) in [6.07, 6.45) is 2.14. The topological polar surface area (TPSA) is 107 Å². The first kappa shape index (κ1) is 19.1. The number of aryl methyl sites for hydroxylation is 1. The van der Waals surface area contributed by atoms with Crippen molar-refractivity contribution in [3.8, 4) is 5.69 Å². The normalized spacial score (nSPS) is 11.4. The lowest BCUT2D eigenvalue weighted by Gasteiger charge is -2.09. The van der Waals surface area contributed by atoms with Gasteiger partial charge in [-0.15, -0.1) is 0 Å².